The molecule has 0 unspecified atom stereocenters. The number of aromatic nitrogens is 2. The fraction of sp³-hybridized carbons (Fsp3) is 0.474. The van der Waals surface area contributed by atoms with Gasteiger partial charge in [-0.25, -0.2) is 4.98 Å². The molecule has 4 N–H and O–H groups in total. The highest BCUT2D eigenvalue weighted by atomic mass is 16.4. The molecular weight excluding hydrogens is 364 g/mol. The van der Waals surface area contributed by atoms with Crippen molar-refractivity contribution in [3.8, 4) is 0 Å². The average Bonchev–Trinajstić information content (AvgIpc) is 3.15. The van der Waals surface area contributed by atoms with Gasteiger partial charge in [0, 0.05) is 37.3 Å². The number of hydrogen-bond acceptors (Lipinski definition) is 5. The van der Waals surface area contributed by atoms with Crippen molar-refractivity contribution in [3.63, 3.8) is 0 Å². The number of carboxylic acid groups (broad SMARTS) is 1. The van der Waals surface area contributed by atoms with E-state index in [4.69, 9.17) is 10.8 Å². The van der Waals surface area contributed by atoms with Gasteiger partial charge in [0.15, 0.2) is 0 Å². The standard InChI is InChI=1S/C19H24N4O5/c1-19(2,8-16(26)27)7-15(25)22-9-13(14(24)10-22)23-6-4-12-11(17(20)28)3-5-21-18(12)23/h3-6,13-14,24H,7-10H2,1-2H3,(H2,20,28)(H,26,27)/t13-,14-/m1/s1. The molecule has 2 amide bonds. The van der Waals surface area contributed by atoms with Gasteiger partial charge in [0.2, 0.25) is 11.8 Å². The lowest BCUT2D eigenvalue weighted by atomic mass is 9.85. The van der Waals surface area contributed by atoms with Crippen LogP contribution in [0.2, 0.25) is 0 Å². The van der Waals surface area contributed by atoms with E-state index < -0.39 is 29.4 Å². The van der Waals surface area contributed by atoms with E-state index in [2.05, 4.69) is 4.98 Å². The quantitative estimate of drug-likeness (QED) is 0.668. The van der Waals surface area contributed by atoms with Crippen molar-refractivity contribution in [1.82, 2.24) is 14.5 Å². The maximum absolute atomic E-state index is 12.6. The van der Waals surface area contributed by atoms with Crippen molar-refractivity contribution in [2.75, 3.05) is 13.1 Å². The van der Waals surface area contributed by atoms with Crippen LogP contribution in [0.15, 0.2) is 24.5 Å². The molecule has 9 nitrogen and oxygen atoms in total. The van der Waals surface area contributed by atoms with E-state index >= 15 is 0 Å². The van der Waals surface area contributed by atoms with E-state index in [0.29, 0.717) is 16.6 Å². The number of nitrogens with two attached hydrogens (primary N) is 1. The molecule has 2 aromatic heterocycles. The summed E-state index contributed by atoms with van der Waals surface area (Å²) in [6.07, 6.45) is 2.37. The predicted octanol–water partition coefficient (Wildman–Crippen LogP) is 0.770. The smallest absolute Gasteiger partial charge is 0.303 e. The number of pyridine rings is 1. The summed E-state index contributed by atoms with van der Waals surface area (Å²) in [5.41, 5.74) is 5.59. The second kappa shape index (κ2) is 7.23. The molecule has 0 spiro atoms. The molecule has 0 saturated carbocycles. The van der Waals surface area contributed by atoms with Crippen LogP contribution in [0.25, 0.3) is 11.0 Å². The van der Waals surface area contributed by atoms with Crippen LogP contribution in [-0.2, 0) is 9.59 Å². The number of aliphatic hydroxyl groups is 1. The monoisotopic (exact) mass is 388 g/mol. The van der Waals surface area contributed by atoms with Gasteiger partial charge in [0.1, 0.15) is 5.65 Å². The zero-order chi connectivity index (χ0) is 20.6. The Hall–Kier alpha value is -2.94. The van der Waals surface area contributed by atoms with Gasteiger partial charge in [-0.15, -0.1) is 0 Å². The first-order valence-corrected chi connectivity index (χ1v) is 9.02. The number of carboxylic acids is 1. The number of β-amino-alcohol motifs (C(OH)–C–C–N with tert-alkyl or cyclic N) is 1. The van der Waals surface area contributed by atoms with E-state index in [0.717, 1.165) is 0 Å². The number of aliphatic carboxylic acids is 1. The van der Waals surface area contributed by atoms with Gasteiger partial charge < -0.3 is 25.4 Å². The number of nitrogens with zero attached hydrogens (tertiary/aromatic N) is 3. The molecule has 1 aliphatic heterocycles. The van der Waals surface area contributed by atoms with Crippen LogP contribution in [0.1, 0.15) is 43.1 Å². The Kier molecular flexibility index (Phi) is 5.12. The fourth-order valence-electron chi connectivity index (χ4n) is 3.78. The third kappa shape index (κ3) is 3.84. The number of hydrogen-bond donors (Lipinski definition) is 3. The van der Waals surface area contributed by atoms with Gasteiger partial charge in [0.25, 0.3) is 0 Å². The molecule has 0 radical (unpaired) electrons. The minimum Gasteiger partial charge on any atom is -0.481 e. The highest BCUT2D eigenvalue weighted by Crippen LogP contribution is 2.31. The van der Waals surface area contributed by atoms with Gasteiger partial charge in [-0.05, 0) is 17.5 Å². The van der Waals surface area contributed by atoms with Gasteiger partial charge in [-0.2, -0.15) is 0 Å². The van der Waals surface area contributed by atoms with Crippen LogP contribution < -0.4 is 5.73 Å². The number of rotatable bonds is 6. The second-order valence-electron chi connectivity index (χ2n) is 8.03. The Balaban J connectivity index is 1.80. The molecule has 1 aliphatic rings. The van der Waals surface area contributed by atoms with Crippen LogP contribution in [0.3, 0.4) is 0 Å². The molecule has 2 aromatic rings. The maximum Gasteiger partial charge on any atom is 0.303 e. The number of fused-ring (bicyclic) bond motifs is 1. The van der Waals surface area contributed by atoms with E-state index in [-0.39, 0.29) is 31.8 Å². The van der Waals surface area contributed by atoms with Crippen molar-refractivity contribution >= 4 is 28.8 Å². The summed E-state index contributed by atoms with van der Waals surface area (Å²) >= 11 is 0. The Morgan fingerprint density at radius 2 is 1.96 bits per heavy atom. The van der Waals surface area contributed by atoms with Crippen LogP contribution in [-0.4, -0.2) is 61.6 Å². The van der Waals surface area contributed by atoms with Crippen molar-refractivity contribution in [2.45, 2.75) is 38.8 Å². The van der Waals surface area contributed by atoms with E-state index in [1.54, 1.807) is 41.6 Å². The SMILES string of the molecule is CC(C)(CC(=O)O)CC(=O)N1C[C@@H](O)[C@H](n2ccc3c(C(N)=O)ccnc32)C1. The molecule has 0 bridgehead atoms. The van der Waals surface area contributed by atoms with Crippen LogP contribution in [0.4, 0.5) is 0 Å². The predicted molar refractivity (Wildman–Crippen MR) is 101 cm³/mol. The third-order valence-corrected chi connectivity index (χ3v) is 5.11. The molecular formula is C19H24N4O5. The number of primary amides is 1. The maximum atomic E-state index is 12.6. The summed E-state index contributed by atoms with van der Waals surface area (Å²) in [6.45, 7) is 3.90. The lowest BCUT2D eigenvalue weighted by Gasteiger charge is -2.25. The average molecular weight is 388 g/mol. The molecule has 3 heterocycles. The molecule has 1 fully saturated rings. The number of carbonyl (C=O) groups is 3. The van der Waals surface area contributed by atoms with E-state index in [1.165, 1.54) is 6.20 Å². The lowest BCUT2D eigenvalue weighted by Crippen LogP contribution is -2.34. The highest BCUT2D eigenvalue weighted by molar-refractivity contribution is 6.04. The number of likely N-dealkylation sites (tertiary alicyclic amines) is 1. The first kappa shape index (κ1) is 19.8. The summed E-state index contributed by atoms with van der Waals surface area (Å²) < 4.78 is 1.75. The molecule has 0 aromatic carbocycles. The van der Waals surface area contributed by atoms with Crippen molar-refractivity contribution in [2.24, 2.45) is 11.1 Å². The first-order valence-electron chi connectivity index (χ1n) is 9.02. The zero-order valence-corrected chi connectivity index (χ0v) is 15.8. The highest BCUT2D eigenvalue weighted by Gasteiger charge is 2.37. The number of amides is 2. The summed E-state index contributed by atoms with van der Waals surface area (Å²) in [5, 5.41) is 20.1. The fourth-order valence-corrected chi connectivity index (χ4v) is 3.78. The Morgan fingerprint density at radius 3 is 2.61 bits per heavy atom. The molecule has 0 aliphatic carbocycles. The summed E-state index contributed by atoms with van der Waals surface area (Å²) in [6, 6.07) is 2.84. The molecule has 1 saturated heterocycles. The zero-order valence-electron chi connectivity index (χ0n) is 15.8. The van der Waals surface area contributed by atoms with Gasteiger partial charge in [-0.1, -0.05) is 13.8 Å². The second-order valence-corrected chi connectivity index (χ2v) is 8.03. The Labute approximate surface area is 161 Å². The van der Waals surface area contributed by atoms with Crippen LogP contribution in [0.5, 0.6) is 0 Å². The Morgan fingerprint density at radius 1 is 1.25 bits per heavy atom. The minimum absolute atomic E-state index is 0.0786. The number of aliphatic hydroxyl groups excluding tert-OH is 1. The Bertz CT molecular complexity index is 936. The van der Waals surface area contributed by atoms with Gasteiger partial charge >= 0.3 is 5.97 Å². The van der Waals surface area contributed by atoms with E-state index in [9.17, 15) is 19.5 Å². The van der Waals surface area contributed by atoms with Crippen LogP contribution >= 0.6 is 0 Å². The summed E-state index contributed by atoms with van der Waals surface area (Å²) in [7, 11) is 0. The minimum atomic E-state index is -0.952. The van der Waals surface area contributed by atoms with Crippen molar-refractivity contribution < 1.29 is 24.6 Å². The largest absolute Gasteiger partial charge is 0.481 e. The van der Waals surface area contributed by atoms with Gasteiger partial charge in [0.05, 0.1) is 24.1 Å². The number of carbonyl (C=O) groups excluding carboxylic acids is 2. The lowest BCUT2D eigenvalue weighted by molar-refractivity contribution is -0.140. The van der Waals surface area contributed by atoms with Crippen LogP contribution in [0, 0.1) is 5.41 Å². The molecule has 9 heteroatoms. The van der Waals surface area contributed by atoms with Crippen molar-refractivity contribution in [3.05, 3.63) is 30.1 Å². The van der Waals surface area contributed by atoms with Crippen molar-refractivity contribution in [1.29, 1.82) is 0 Å². The summed E-state index contributed by atoms with van der Waals surface area (Å²) in [5.74, 6) is -1.71. The first-order chi connectivity index (χ1) is 13.1. The molecule has 3 rings (SSSR count). The summed E-state index contributed by atoms with van der Waals surface area (Å²) in [4.78, 5) is 41.1. The normalized spacial score (nSPS) is 19.9. The topological polar surface area (TPSA) is 139 Å². The molecule has 28 heavy (non-hydrogen) atoms. The molecule has 2 atom stereocenters. The molecule has 150 valence electrons. The third-order valence-electron chi connectivity index (χ3n) is 5.11. The van der Waals surface area contributed by atoms with Gasteiger partial charge in [-0.3, -0.25) is 14.4 Å². The van der Waals surface area contributed by atoms with E-state index in [1.807, 2.05) is 0 Å².